The number of hydrogen-bond donors (Lipinski definition) is 2. The van der Waals surface area contributed by atoms with E-state index < -0.39 is 11.6 Å². The minimum Gasteiger partial charge on any atom is -0.350 e. The van der Waals surface area contributed by atoms with Gasteiger partial charge in [-0.05, 0) is 56.3 Å². The summed E-state index contributed by atoms with van der Waals surface area (Å²) >= 11 is 0. The lowest BCUT2D eigenvalue weighted by atomic mass is 9.65. The first-order chi connectivity index (χ1) is 13.7. The molecule has 4 rings (SSSR count). The Morgan fingerprint density at radius 3 is 2.48 bits per heavy atom. The summed E-state index contributed by atoms with van der Waals surface area (Å²) in [6.45, 7) is 8.52. The van der Waals surface area contributed by atoms with E-state index in [9.17, 15) is 14.4 Å². The van der Waals surface area contributed by atoms with Crippen molar-refractivity contribution in [3.05, 3.63) is 0 Å². The normalized spacial score (nSPS) is 33.4. The molecule has 1 unspecified atom stereocenters. The van der Waals surface area contributed by atoms with Gasteiger partial charge in [-0.1, -0.05) is 27.2 Å². The number of likely N-dealkylation sites (tertiary alicyclic amines) is 1. The molecule has 1 spiro atoms. The average molecular weight is 405 g/mol. The Hall–Kier alpha value is -1.63. The Kier molecular flexibility index (Phi) is 5.38. The van der Waals surface area contributed by atoms with Crippen LogP contribution in [0, 0.1) is 11.3 Å². The van der Waals surface area contributed by atoms with E-state index in [1.165, 1.54) is 12.8 Å². The summed E-state index contributed by atoms with van der Waals surface area (Å²) in [5.74, 6) is 0.127. The topological polar surface area (TPSA) is 81.8 Å². The molecule has 2 N–H and O–H groups in total. The van der Waals surface area contributed by atoms with Crippen LogP contribution >= 0.6 is 0 Å². The third-order valence-corrected chi connectivity index (χ3v) is 8.05. The monoisotopic (exact) mass is 404 g/mol. The molecule has 4 fully saturated rings. The third-order valence-electron chi connectivity index (χ3n) is 8.05. The standard InChI is InChI=1S/C22H36N4O3/c1-4-21(2,3)15-7-10-22(11-8-15)19(28)26(20(29)24-22)14-18(27)23-16-9-12-25(13-16)17-5-6-17/h15-17H,4-14H2,1-3H3,(H,23,27)(H,24,29). The van der Waals surface area contributed by atoms with E-state index in [0.717, 1.165) is 43.7 Å². The Morgan fingerprint density at radius 1 is 1.17 bits per heavy atom. The molecule has 0 aromatic rings. The van der Waals surface area contributed by atoms with Crippen LogP contribution in [0.15, 0.2) is 0 Å². The van der Waals surface area contributed by atoms with E-state index in [4.69, 9.17) is 0 Å². The second-order valence-corrected chi connectivity index (χ2v) is 10.3. The Morgan fingerprint density at radius 2 is 1.86 bits per heavy atom. The van der Waals surface area contributed by atoms with E-state index in [2.05, 4.69) is 36.3 Å². The highest BCUT2D eigenvalue weighted by atomic mass is 16.2. The van der Waals surface area contributed by atoms with Crippen molar-refractivity contribution >= 4 is 17.8 Å². The molecule has 2 saturated carbocycles. The zero-order chi connectivity index (χ0) is 20.8. The Labute approximate surface area is 173 Å². The number of nitrogens with zero attached hydrogens (tertiary/aromatic N) is 2. The van der Waals surface area contributed by atoms with Crippen molar-refractivity contribution in [3.63, 3.8) is 0 Å². The number of amides is 4. The van der Waals surface area contributed by atoms with Crippen LogP contribution in [0.3, 0.4) is 0 Å². The van der Waals surface area contributed by atoms with Crippen molar-refractivity contribution in [1.29, 1.82) is 0 Å². The molecule has 2 saturated heterocycles. The van der Waals surface area contributed by atoms with Crippen molar-refractivity contribution in [2.24, 2.45) is 11.3 Å². The van der Waals surface area contributed by atoms with Crippen LogP contribution in [0.25, 0.3) is 0 Å². The maximum Gasteiger partial charge on any atom is 0.325 e. The van der Waals surface area contributed by atoms with Gasteiger partial charge in [-0.25, -0.2) is 4.79 Å². The molecule has 0 bridgehead atoms. The van der Waals surface area contributed by atoms with Gasteiger partial charge in [0.05, 0.1) is 0 Å². The zero-order valence-electron chi connectivity index (χ0n) is 18.1. The van der Waals surface area contributed by atoms with Gasteiger partial charge in [0.25, 0.3) is 5.91 Å². The number of carbonyl (C=O) groups excluding carboxylic acids is 3. The Bertz CT molecular complexity index is 680. The molecule has 162 valence electrons. The largest absolute Gasteiger partial charge is 0.350 e. The summed E-state index contributed by atoms with van der Waals surface area (Å²) in [6, 6.07) is 0.421. The van der Waals surface area contributed by atoms with Gasteiger partial charge in [-0.2, -0.15) is 0 Å². The maximum absolute atomic E-state index is 13.1. The van der Waals surface area contributed by atoms with Crippen LogP contribution in [0.2, 0.25) is 0 Å². The van der Waals surface area contributed by atoms with E-state index in [0.29, 0.717) is 24.8 Å². The molecular weight excluding hydrogens is 368 g/mol. The molecule has 4 aliphatic rings. The molecule has 4 amide bonds. The van der Waals surface area contributed by atoms with Gasteiger partial charge in [0.15, 0.2) is 0 Å². The lowest BCUT2D eigenvalue weighted by Crippen LogP contribution is -2.51. The summed E-state index contributed by atoms with van der Waals surface area (Å²) in [5.41, 5.74) is -0.545. The number of nitrogens with one attached hydrogen (secondary N) is 2. The fraction of sp³-hybridized carbons (Fsp3) is 0.864. The van der Waals surface area contributed by atoms with Crippen LogP contribution in [0.1, 0.15) is 72.1 Å². The molecule has 0 radical (unpaired) electrons. The van der Waals surface area contributed by atoms with Crippen molar-refractivity contribution in [1.82, 2.24) is 20.4 Å². The van der Waals surface area contributed by atoms with E-state index in [1.807, 2.05) is 0 Å². The molecule has 2 heterocycles. The SMILES string of the molecule is CCC(C)(C)C1CCC2(CC1)NC(=O)N(CC(=O)NC1CCN(C3CC3)C1)C2=O. The van der Waals surface area contributed by atoms with Crippen LogP contribution in [-0.2, 0) is 9.59 Å². The lowest BCUT2D eigenvalue weighted by molar-refractivity contribution is -0.136. The summed E-state index contributed by atoms with van der Waals surface area (Å²) in [7, 11) is 0. The predicted octanol–water partition coefficient (Wildman–Crippen LogP) is 2.26. The zero-order valence-corrected chi connectivity index (χ0v) is 18.1. The van der Waals surface area contributed by atoms with Crippen LogP contribution in [0.4, 0.5) is 4.79 Å². The highest BCUT2D eigenvalue weighted by molar-refractivity contribution is 6.09. The molecule has 29 heavy (non-hydrogen) atoms. The number of hydrogen-bond acceptors (Lipinski definition) is 4. The molecule has 0 aromatic heterocycles. The molecular formula is C22H36N4O3. The summed E-state index contributed by atoms with van der Waals surface area (Å²) < 4.78 is 0. The second kappa shape index (κ2) is 7.56. The number of urea groups is 1. The van der Waals surface area contributed by atoms with Gasteiger partial charge >= 0.3 is 6.03 Å². The van der Waals surface area contributed by atoms with Gasteiger partial charge in [-0.3, -0.25) is 19.4 Å². The minimum atomic E-state index is -0.798. The third kappa shape index (κ3) is 4.03. The Balaban J connectivity index is 1.31. The van der Waals surface area contributed by atoms with Gasteiger partial charge in [0.1, 0.15) is 12.1 Å². The quantitative estimate of drug-likeness (QED) is 0.666. The lowest BCUT2D eigenvalue weighted by Gasteiger charge is -2.42. The minimum absolute atomic E-state index is 0.129. The number of carbonyl (C=O) groups is 3. The first-order valence-electron chi connectivity index (χ1n) is 11.4. The highest BCUT2D eigenvalue weighted by Crippen LogP contribution is 2.45. The smallest absolute Gasteiger partial charge is 0.325 e. The van der Waals surface area contributed by atoms with Crippen LogP contribution < -0.4 is 10.6 Å². The van der Waals surface area contributed by atoms with Crippen molar-refractivity contribution in [2.75, 3.05) is 19.6 Å². The first-order valence-corrected chi connectivity index (χ1v) is 11.4. The fourth-order valence-corrected chi connectivity index (χ4v) is 5.43. The number of rotatable bonds is 6. The summed E-state index contributed by atoms with van der Waals surface area (Å²) in [6.07, 6.45) is 7.80. The molecule has 2 aliphatic carbocycles. The second-order valence-electron chi connectivity index (χ2n) is 10.3. The van der Waals surface area contributed by atoms with Gasteiger partial charge in [-0.15, -0.1) is 0 Å². The van der Waals surface area contributed by atoms with E-state index in [-0.39, 0.29) is 29.8 Å². The molecule has 7 heteroatoms. The van der Waals surface area contributed by atoms with E-state index >= 15 is 0 Å². The van der Waals surface area contributed by atoms with E-state index in [1.54, 1.807) is 0 Å². The molecule has 0 aromatic carbocycles. The van der Waals surface area contributed by atoms with Crippen LogP contribution in [0.5, 0.6) is 0 Å². The molecule has 1 atom stereocenters. The average Bonchev–Trinajstić information content (AvgIpc) is 3.40. The first kappa shape index (κ1) is 20.6. The van der Waals surface area contributed by atoms with Crippen LogP contribution in [-0.4, -0.2) is 64.9 Å². The summed E-state index contributed by atoms with van der Waals surface area (Å²) in [4.78, 5) is 41.7. The van der Waals surface area contributed by atoms with Crippen molar-refractivity contribution in [2.45, 2.75) is 89.8 Å². The fourth-order valence-electron chi connectivity index (χ4n) is 5.43. The maximum atomic E-state index is 13.1. The van der Waals surface area contributed by atoms with Crippen molar-refractivity contribution in [3.8, 4) is 0 Å². The van der Waals surface area contributed by atoms with Gasteiger partial charge in [0, 0.05) is 25.2 Å². The van der Waals surface area contributed by atoms with Gasteiger partial charge < -0.3 is 10.6 Å². The predicted molar refractivity (Wildman–Crippen MR) is 110 cm³/mol. The number of imide groups is 1. The van der Waals surface area contributed by atoms with Gasteiger partial charge in [0.2, 0.25) is 5.91 Å². The highest BCUT2D eigenvalue weighted by Gasteiger charge is 2.53. The van der Waals surface area contributed by atoms with Crippen molar-refractivity contribution < 1.29 is 14.4 Å². The molecule has 7 nitrogen and oxygen atoms in total. The molecule has 2 aliphatic heterocycles. The summed E-state index contributed by atoms with van der Waals surface area (Å²) in [5, 5.41) is 5.97.